The molecule has 3 atom stereocenters. The molecule has 0 radical (unpaired) electrons. The fraction of sp³-hybridized carbons (Fsp3) is 0.577. The molecule has 0 aliphatic heterocycles. The number of carbonyl (C=O) groups excluding carboxylic acids is 3. The van der Waals surface area contributed by atoms with Crippen LogP contribution in [0.4, 0.5) is 0 Å². The number of benzene rings is 1. The number of hydrogen-bond acceptors (Lipinski definition) is 9. The van der Waals surface area contributed by atoms with Crippen LogP contribution in [0.3, 0.4) is 0 Å². The Kier molecular flexibility index (Phi) is 13.4. The van der Waals surface area contributed by atoms with E-state index in [1.165, 1.54) is 30.3 Å². The van der Waals surface area contributed by atoms with E-state index in [0.717, 1.165) is 11.7 Å². The molecule has 1 rings (SSSR count). The highest BCUT2D eigenvalue weighted by atomic mass is 32.2. The summed E-state index contributed by atoms with van der Waals surface area (Å²) in [6.45, 7) is 7.89. The van der Waals surface area contributed by atoms with Crippen LogP contribution >= 0.6 is 0 Å². The van der Waals surface area contributed by atoms with Crippen molar-refractivity contribution in [2.45, 2.75) is 82.5 Å². The zero-order chi connectivity index (χ0) is 30.7. The highest BCUT2D eigenvalue weighted by Crippen LogP contribution is 2.14. The Balaban J connectivity index is 3.13. The first-order valence-electron chi connectivity index (χ1n) is 12.7. The number of nitrogens with one attached hydrogen (secondary N) is 3. The van der Waals surface area contributed by atoms with Crippen LogP contribution in [0.25, 0.3) is 0 Å². The van der Waals surface area contributed by atoms with Crippen LogP contribution in [0.2, 0.25) is 0 Å². The van der Waals surface area contributed by atoms with Gasteiger partial charge < -0.3 is 20.5 Å². The molecule has 40 heavy (non-hydrogen) atoms. The van der Waals surface area contributed by atoms with Gasteiger partial charge in [0.05, 0.1) is 11.5 Å². The summed E-state index contributed by atoms with van der Waals surface area (Å²) in [5.74, 6) is -2.35. The van der Waals surface area contributed by atoms with Crippen LogP contribution in [0.15, 0.2) is 46.7 Å². The molecule has 0 heterocycles. The summed E-state index contributed by atoms with van der Waals surface area (Å²) >= 11 is 0. The average Bonchev–Trinajstić information content (AvgIpc) is 2.82. The smallest absolute Gasteiger partial charge is 0.306 e. The Labute approximate surface area is 236 Å². The molecule has 0 aliphatic carbocycles. The fourth-order valence-corrected chi connectivity index (χ4v) is 5.16. The van der Waals surface area contributed by atoms with Crippen molar-refractivity contribution in [2.24, 2.45) is 5.92 Å². The maximum Gasteiger partial charge on any atom is 0.306 e. The molecule has 0 bridgehead atoms. The zero-order valence-electron chi connectivity index (χ0n) is 23.7. The van der Waals surface area contributed by atoms with Crippen molar-refractivity contribution in [1.82, 2.24) is 15.4 Å². The van der Waals surface area contributed by atoms with Crippen molar-refractivity contribution < 1.29 is 41.1 Å². The number of sulfonamides is 1. The molecule has 4 N–H and O–H groups in total. The number of carbonyl (C=O) groups is 3. The number of amides is 2. The van der Waals surface area contributed by atoms with Crippen molar-refractivity contribution in [2.75, 3.05) is 12.9 Å². The van der Waals surface area contributed by atoms with Crippen molar-refractivity contribution in [3.8, 4) is 0 Å². The number of aliphatic hydroxyl groups excluding tert-OH is 1. The van der Waals surface area contributed by atoms with Gasteiger partial charge in [-0.05, 0) is 51.7 Å². The summed E-state index contributed by atoms with van der Waals surface area (Å²) in [5, 5.41) is 15.7. The largest absolute Gasteiger partial charge is 0.460 e. The lowest BCUT2D eigenvalue weighted by atomic mass is 10.0. The van der Waals surface area contributed by atoms with Crippen molar-refractivity contribution >= 4 is 37.6 Å². The quantitative estimate of drug-likeness (QED) is 0.213. The van der Waals surface area contributed by atoms with E-state index < -0.39 is 68.0 Å². The van der Waals surface area contributed by atoms with Crippen LogP contribution in [-0.2, 0) is 39.0 Å². The molecule has 1 aromatic carbocycles. The summed E-state index contributed by atoms with van der Waals surface area (Å²) in [5.41, 5.74) is -0.795. The normalized spacial score (nSPS) is 14.9. The van der Waals surface area contributed by atoms with Gasteiger partial charge in [0.15, 0.2) is 9.84 Å². The van der Waals surface area contributed by atoms with Crippen molar-refractivity contribution in [3.63, 3.8) is 0 Å². The van der Waals surface area contributed by atoms with E-state index >= 15 is 0 Å². The molecule has 0 aliphatic rings. The standard InChI is InChI=1S/C26H41N3O9S2/c1-18(2)16-19(14-15-39(6,34)35)27-25(33)22(17-30)28-24(32)21(12-13-23(31)38-26(3,4)5)29-40(36,37)20-10-8-7-9-11-20/h7-11,14-15,18-19,21-22,29-30H,12-13,16-17H2,1-6H3,(H,27,33)(H,28,32). The highest BCUT2D eigenvalue weighted by Gasteiger charge is 2.31. The predicted molar refractivity (Wildman–Crippen MR) is 150 cm³/mol. The van der Waals surface area contributed by atoms with Gasteiger partial charge in [-0.1, -0.05) is 38.1 Å². The maximum absolute atomic E-state index is 13.2. The lowest BCUT2D eigenvalue weighted by Crippen LogP contribution is -2.56. The molecule has 2 amide bonds. The molecule has 0 aromatic heterocycles. The Morgan fingerprint density at radius 2 is 1.55 bits per heavy atom. The molecule has 14 heteroatoms. The molecule has 0 saturated carbocycles. The van der Waals surface area contributed by atoms with Gasteiger partial charge in [-0.2, -0.15) is 4.72 Å². The minimum absolute atomic E-state index is 0.0707. The molecule has 3 unspecified atom stereocenters. The van der Waals surface area contributed by atoms with Gasteiger partial charge in [0.2, 0.25) is 21.8 Å². The number of ether oxygens (including phenoxy) is 1. The summed E-state index contributed by atoms with van der Waals surface area (Å²) in [4.78, 5) is 38.2. The number of esters is 1. The second-order valence-corrected chi connectivity index (χ2v) is 14.4. The Morgan fingerprint density at radius 1 is 0.975 bits per heavy atom. The molecule has 226 valence electrons. The topological polar surface area (TPSA) is 185 Å². The van der Waals surface area contributed by atoms with Crippen LogP contribution in [0.1, 0.15) is 53.9 Å². The summed E-state index contributed by atoms with van der Waals surface area (Å²) in [6.07, 6.45) is 2.08. The SMILES string of the molecule is CC(C)CC(C=CS(C)(=O)=O)NC(=O)C(CO)NC(=O)C(CCC(=O)OC(C)(C)C)NS(=O)(=O)c1ccccc1. The van der Waals surface area contributed by atoms with Crippen LogP contribution in [0.5, 0.6) is 0 Å². The molecular weight excluding hydrogens is 562 g/mol. The Hall–Kier alpha value is -2.81. The van der Waals surface area contributed by atoms with Crippen LogP contribution < -0.4 is 15.4 Å². The van der Waals surface area contributed by atoms with Gasteiger partial charge in [0.1, 0.15) is 17.7 Å². The first-order chi connectivity index (χ1) is 18.3. The van der Waals surface area contributed by atoms with Gasteiger partial charge in [-0.3, -0.25) is 14.4 Å². The molecule has 0 saturated heterocycles. The van der Waals surface area contributed by atoms with E-state index in [4.69, 9.17) is 4.74 Å². The minimum Gasteiger partial charge on any atom is -0.460 e. The number of rotatable bonds is 15. The Bertz CT molecular complexity index is 1240. The van der Waals surface area contributed by atoms with E-state index in [1.807, 2.05) is 13.8 Å². The first-order valence-corrected chi connectivity index (χ1v) is 16.2. The number of hydrogen-bond donors (Lipinski definition) is 4. The zero-order valence-corrected chi connectivity index (χ0v) is 25.3. The van der Waals surface area contributed by atoms with E-state index in [0.29, 0.717) is 6.42 Å². The lowest BCUT2D eigenvalue weighted by Gasteiger charge is -2.24. The van der Waals surface area contributed by atoms with Crippen LogP contribution in [-0.4, -0.2) is 76.3 Å². The summed E-state index contributed by atoms with van der Waals surface area (Å²) in [7, 11) is -7.66. The predicted octanol–water partition coefficient (Wildman–Crippen LogP) is 1.02. The van der Waals surface area contributed by atoms with E-state index in [1.54, 1.807) is 26.8 Å². The Morgan fingerprint density at radius 3 is 2.05 bits per heavy atom. The molecular formula is C26H41N3O9S2. The van der Waals surface area contributed by atoms with Gasteiger partial charge in [0.25, 0.3) is 0 Å². The second kappa shape index (κ2) is 15.3. The second-order valence-electron chi connectivity index (χ2n) is 10.8. The monoisotopic (exact) mass is 603 g/mol. The number of sulfone groups is 1. The summed E-state index contributed by atoms with van der Waals surface area (Å²) < 4.78 is 56.4. The van der Waals surface area contributed by atoms with E-state index in [-0.39, 0.29) is 23.7 Å². The molecule has 12 nitrogen and oxygen atoms in total. The fourth-order valence-electron chi connectivity index (χ4n) is 3.43. The van der Waals surface area contributed by atoms with Gasteiger partial charge in [-0.15, -0.1) is 0 Å². The molecule has 1 aromatic rings. The third kappa shape index (κ3) is 14.0. The molecule has 0 spiro atoms. The van der Waals surface area contributed by atoms with Crippen molar-refractivity contribution in [3.05, 3.63) is 41.8 Å². The van der Waals surface area contributed by atoms with E-state index in [9.17, 15) is 36.3 Å². The van der Waals surface area contributed by atoms with Crippen LogP contribution in [0, 0.1) is 5.92 Å². The number of aliphatic hydroxyl groups is 1. The first kappa shape index (κ1) is 35.2. The third-order valence-corrected chi connectivity index (χ3v) is 7.29. The third-order valence-electron chi connectivity index (χ3n) is 5.15. The van der Waals surface area contributed by atoms with E-state index in [2.05, 4.69) is 15.4 Å². The van der Waals surface area contributed by atoms with Gasteiger partial charge >= 0.3 is 5.97 Å². The van der Waals surface area contributed by atoms with Gasteiger partial charge in [0, 0.05) is 24.1 Å². The maximum atomic E-state index is 13.2. The lowest BCUT2D eigenvalue weighted by molar-refractivity contribution is -0.155. The van der Waals surface area contributed by atoms with Gasteiger partial charge in [-0.25, -0.2) is 16.8 Å². The molecule has 0 fully saturated rings. The summed E-state index contributed by atoms with van der Waals surface area (Å²) in [6, 6.07) is 3.59. The minimum atomic E-state index is -4.20. The average molecular weight is 604 g/mol. The van der Waals surface area contributed by atoms with Crippen molar-refractivity contribution in [1.29, 1.82) is 0 Å². The highest BCUT2D eigenvalue weighted by molar-refractivity contribution is 7.93.